The fourth-order valence-electron chi connectivity index (χ4n) is 2.74. The van der Waals surface area contributed by atoms with Crippen molar-refractivity contribution in [2.75, 3.05) is 23.3 Å². The number of carbonyl (C=O) groups is 3. The molecule has 148 valence electrons. The Morgan fingerprint density at radius 2 is 1.68 bits per heavy atom. The molecule has 0 aliphatic carbocycles. The Morgan fingerprint density at radius 3 is 2.29 bits per heavy atom. The molecule has 0 heterocycles. The lowest BCUT2D eigenvalue weighted by Gasteiger charge is -2.21. The summed E-state index contributed by atoms with van der Waals surface area (Å²) in [5.41, 5.74) is 1.82. The van der Waals surface area contributed by atoms with E-state index in [4.69, 9.17) is 0 Å². The summed E-state index contributed by atoms with van der Waals surface area (Å²) in [7, 11) is 0. The molecular formula is C21H24FN3O3. The van der Waals surface area contributed by atoms with Gasteiger partial charge in [0, 0.05) is 44.7 Å². The van der Waals surface area contributed by atoms with Gasteiger partial charge in [-0.2, -0.15) is 0 Å². The Balaban J connectivity index is 1.85. The van der Waals surface area contributed by atoms with Crippen molar-refractivity contribution in [3.63, 3.8) is 0 Å². The molecule has 0 unspecified atom stereocenters. The van der Waals surface area contributed by atoms with Crippen LogP contribution >= 0.6 is 0 Å². The van der Waals surface area contributed by atoms with Crippen LogP contribution in [0.3, 0.4) is 0 Å². The number of halogens is 1. The molecule has 0 fully saturated rings. The molecule has 0 spiro atoms. The van der Waals surface area contributed by atoms with Crippen LogP contribution in [0.4, 0.5) is 15.8 Å². The van der Waals surface area contributed by atoms with Crippen LogP contribution in [0.1, 0.15) is 25.8 Å². The van der Waals surface area contributed by atoms with E-state index >= 15 is 0 Å². The first-order valence-electron chi connectivity index (χ1n) is 9.02. The minimum atomic E-state index is -0.290. The van der Waals surface area contributed by atoms with E-state index in [1.165, 1.54) is 24.8 Å². The zero-order valence-electron chi connectivity index (χ0n) is 16.0. The molecule has 28 heavy (non-hydrogen) atoms. The van der Waals surface area contributed by atoms with E-state index in [2.05, 4.69) is 10.6 Å². The topological polar surface area (TPSA) is 78.5 Å². The van der Waals surface area contributed by atoms with Gasteiger partial charge in [-0.3, -0.25) is 14.4 Å². The highest BCUT2D eigenvalue weighted by Crippen LogP contribution is 2.18. The van der Waals surface area contributed by atoms with Gasteiger partial charge in [-0.25, -0.2) is 4.39 Å². The lowest BCUT2D eigenvalue weighted by Crippen LogP contribution is -2.34. The summed E-state index contributed by atoms with van der Waals surface area (Å²) >= 11 is 0. The molecule has 2 aromatic carbocycles. The van der Waals surface area contributed by atoms with E-state index in [0.717, 1.165) is 0 Å². The van der Waals surface area contributed by atoms with E-state index in [1.54, 1.807) is 42.5 Å². The Morgan fingerprint density at radius 1 is 1.00 bits per heavy atom. The van der Waals surface area contributed by atoms with Gasteiger partial charge >= 0.3 is 0 Å². The zero-order valence-corrected chi connectivity index (χ0v) is 16.0. The molecule has 0 aliphatic rings. The zero-order chi connectivity index (χ0) is 20.5. The summed E-state index contributed by atoms with van der Waals surface area (Å²) in [6.07, 6.45) is 0.531. The van der Waals surface area contributed by atoms with E-state index in [9.17, 15) is 18.8 Å². The van der Waals surface area contributed by atoms with Crippen LogP contribution in [-0.2, 0) is 20.8 Å². The normalized spacial score (nSPS) is 10.2. The Bertz CT molecular complexity index is 837. The molecule has 3 amide bonds. The van der Waals surface area contributed by atoms with E-state index in [0.29, 0.717) is 29.9 Å². The van der Waals surface area contributed by atoms with Crippen LogP contribution in [0.5, 0.6) is 0 Å². The summed E-state index contributed by atoms with van der Waals surface area (Å²) in [4.78, 5) is 36.6. The summed E-state index contributed by atoms with van der Waals surface area (Å²) in [6.45, 7) is 3.39. The summed E-state index contributed by atoms with van der Waals surface area (Å²) in [5, 5.41) is 5.40. The van der Waals surface area contributed by atoms with Crippen LogP contribution < -0.4 is 15.5 Å². The number of anilines is 2. The summed E-state index contributed by atoms with van der Waals surface area (Å²) in [6, 6.07) is 13.3. The van der Waals surface area contributed by atoms with Crippen molar-refractivity contribution in [3.05, 3.63) is 59.9 Å². The highest BCUT2D eigenvalue weighted by atomic mass is 19.1. The van der Waals surface area contributed by atoms with Crippen LogP contribution in [-0.4, -0.2) is 30.8 Å². The molecule has 0 aliphatic heterocycles. The molecule has 6 nitrogen and oxygen atoms in total. The second-order valence-corrected chi connectivity index (χ2v) is 6.34. The second-order valence-electron chi connectivity index (χ2n) is 6.34. The molecule has 7 heteroatoms. The standard InChI is InChI=1S/C21H24FN3O3/c1-15(26)24-18-7-9-19(10-8-18)25(16(2)27)14-12-21(28)23-13-11-17-5-3-4-6-20(17)22/h3-10H,11-14H2,1-2H3,(H,23,28)(H,24,26). The van der Waals surface area contributed by atoms with E-state index in [1.807, 2.05) is 0 Å². The van der Waals surface area contributed by atoms with Crippen molar-refractivity contribution in [3.8, 4) is 0 Å². The monoisotopic (exact) mass is 385 g/mol. The van der Waals surface area contributed by atoms with Gasteiger partial charge in [0.05, 0.1) is 0 Å². The first-order valence-corrected chi connectivity index (χ1v) is 9.02. The fraction of sp³-hybridized carbons (Fsp3) is 0.286. The van der Waals surface area contributed by atoms with Crippen molar-refractivity contribution in [2.45, 2.75) is 26.7 Å². The molecule has 0 radical (unpaired) electrons. The minimum Gasteiger partial charge on any atom is -0.356 e. The van der Waals surface area contributed by atoms with Crippen molar-refractivity contribution in [2.24, 2.45) is 0 Å². The lowest BCUT2D eigenvalue weighted by molar-refractivity contribution is -0.121. The Labute approximate surface area is 163 Å². The largest absolute Gasteiger partial charge is 0.356 e. The number of benzene rings is 2. The number of rotatable bonds is 8. The average molecular weight is 385 g/mol. The second kappa shape index (κ2) is 10.2. The maximum atomic E-state index is 13.6. The van der Waals surface area contributed by atoms with Crippen molar-refractivity contribution in [1.82, 2.24) is 5.32 Å². The van der Waals surface area contributed by atoms with Gasteiger partial charge in [0.1, 0.15) is 5.82 Å². The molecule has 0 aromatic heterocycles. The first-order chi connectivity index (χ1) is 13.4. The molecular weight excluding hydrogens is 361 g/mol. The number of carbonyl (C=O) groups excluding carboxylic acids is 3. The third-order valence-electron chi connectivity index (χ3n) is 4.12. The van der Waals surface area contributed by atoms with E-state index < -0.39 is 0 Å². The quantitative estimate of drug-likeness (QED) is 0.733. The molecule has 0 saturated carbocycles. The van der Waals surface area contributed by atoms with Crippen LogP contribution in [0, 0.1) is 5.82 Å². The summed E-state index contributed by atoms with van der Waals surface area (Å²) in [5.74, 6) is -0.866. The third kappa shape index (κ3) is 6.50. The van der Waals surface area contributed by atoms with Crippen LogP contribution in [0.2, 0.25) is 0 Å². The first kappa shape index (κ1) is 21.1. The van der Waals surface area contributed by atoms with Crippen LogP contribution in [0.25, 0.3) is 0 Å². The smallest absolute Gasteiger partial charge is 0.223 e. The van der Waals surface area contributed by atoms with E-state index in [-0.39, 0.29) is 36.5 Å². The predicted molar refractivity (Wildman–Crippen MR) is 107 cm³/mol. The number of hydrogen-bond donors (Lipinski definition) is 2. The summed E-state index contributed by atoms with van der Waals surface area (Å²) < 4.78 is 13.6. The van der Waals surface area contributed by atoms with Gasteiger partial charge in [0.15, 0.2) is 0 Å². The van der Waals surface area contributed by atoms with Crippen molar-refractivity contribution >= 4 is 29.1 Å². The van der Waals surface area contributed by atoms with Gasteiger partial charge in [0.25, 0.3) is 0 Å². The molecule has 0 saturated heterocycles. The molecule has 2 N–H and O–H groups in total. The average Bonchev–Trinajstić information content (AvgIpc) is 2.64. The molecule has 2 aromatic rings. The number of nitrogens with zero attached hydrogens (tertiary/aromatic N) is 1. The van der Waals surface area contributed by atoms with Gasteiger partial charge < -0.3 is 15.5 Å². The minimum absolute atomic E-state index is 0.129. The SMILES string of the molecule is CC(=O)Nc1ccc(N(CCC(=O)NCCc2ccccc2F)C(C)=O)cc1. The number of nitrogens with one attached hydrogen (secondary N) is 2. The van der Waals surface area contributed by atoms with Crippen molar-refractivity contribution in [1.29, 1.82) is 0 Å². The molecule has 0 bridgehead atoms. The van der Waals surface area contributed by atoms with Crippen molar-refractivity contribution < 1.29 is 18.8 Å². The van der Waals surface area contributed by atoms with Crippen LogP contribution in [0.15, 0.2) is 48.5 Å². The van der Waals surface area contributed by atoms with Gasteiger partial charge in [-0.15, -0.1) is 0 Å². The predicted octanol–water partition coefficient (Wildman–Crippen LogP) is 2.89. The Hall–Kier alpha value is -3.22. The highest BCUT2D eigenvalue weighted by molar-refractivity contribution is 5.93. The van der Waals surface area contributed by atoms with Gasteiger partial charge in [-0.1, -0.05) is 18.2 Å². The maximum absolute atomic E-state index is 13.6. The molecule has 0 atom stereocenters. The van der Waals surface area contributed by atoms with Gasteiger partial charge in [-0.05, 0) is 42.3 Å². The highest BCUT2D eigenvalue weighted by Gasteiger charge is 2.13. The number of hydrogen-bond acceptors (Lipinski definition) is 3. The van der Waals surface area contributed by atoms with Gasteiger partial charge in [0.2, 0.25) is 17.7 Å². The Kier molecular flexibility index (Phi) is 7.68. The number of amides is 3. The lowest BCUT2D eigenvalue weighted by atomic mass is 10.1. The fourth-order valence-corrected chi connectivity index (χ4v) is 2.74. The maximum Gasteiger partial charge on any atom is 0.223 e. The third-order valence-corrected chi connectivity index (χ3v) is 4.12. The molecule has 2 rings (SSSR count).